The summed E-state index contributed by atoms with van der Waals surface area (Å²) < 4.78 is 5.21. The zero-order valence-corrected chi connectivity index (χ0v) is 11.0. The summed E-state index contributed by atoms with van der Waals surface area (Å²) in [6.45, 7) is 8.10. The molecular formula is C13H28N2O. The van der Waals surface area contributed by atoms with Crippen LogP contribution in [0.1, 0.15) is 39.0 Å². The molecule has 1 aliphatic heterocycles. The Kier molecular flexibility index (Phi) is 7.81. The highest BCUT2D eigenvalue weighted by atomic mass is 16.5. The van der Waals surface area contributed by atoms with Crippen molar-refractivity contribution in [3.8, 4) is 0 Å². The Morgan fingerprint density at radius 2 is 2.06 bits per heavy atom. The van der Waals surface area contributed by atoms with Crippen molar-refractivity contribution in [2.75, 3.05) is 39.9 Å². The normalized spacial score (nSPS) is 19.1. The van der Waals surface area contributed by atoms with Crippen LogP contribution in [0.15, 0.2) is 0 Å². The van der Waals surface area contributed by atoms with Crippen LogP contribution in [0, 0.1) is 0 Å². The van der Waals surface area contributed by atoms with Crippen molar-refractivity contribution in [1.29, 1.82) is 0 Å². The molecule has 1 rings (SSSR count). The fraction of sp³-hybridized carbons (Fsp3) is 1.00. The average Bonchev–Trinajstić information content (AvgIpc) is 2.78. The van der Waals surface area contributed by atoms with Crippen molar-refractivity contribution in [3.63, 3.8) is 0 Å². The van der Waals surface area contributed by atoms with E-state index in [2.05, 4.69) is 17.1 Å². The van der Waals surface area contributed by atoms with Gasteiger partial charge in [0.1, 0.15) is 0 Å². The van der Waals surface area contributed by atoms with E-state index >= 15 is 0 Å². The van der Waals surface area contributed by atoms with E-state index in [9.17, 15) is 0 Å². The van der Waals surface area contributed by atoms with Gasteiger partial charge in [0.15, 0.2) is 0 Å². The Labute approximate surface area is 101 Å². The first-order valence-electron chi connectivity index (χ1n) is 6.81. The lowest BCUT2D eigenvalue weighted by molar-refractivity contribution is 0.161. The quantitative estimate of drug-likeness (QED) is 0.610. The molecule has 1 N–H and O–H groups in total. The number of hydrogen-bond donors (Lipinski definition) is 1. The maximum Gasteiger partial charge on any atom is 0.0615 e. The lowest BCUT2D eigenvalue weighted by Crippen LogP contribution is -2.35. The number of likely N-dealkylation sites (tertiary alicyclic amines) is 1. The summed E-state index contributed by atoms with van der Waals surface area (Å²) in [5.41, 5.74) is 0. The van der Waals surface area contributed by atoms with Gasteiger partial charge in [-0.25, -0.2) is 0 Å². The third kappa shape index (κ3) is 5.83. The number of rotatable bonds is 9. The minimum absolute atomic E-state index is 0.550. The highest BCUT2D eigenvalue weighted by molar-refractivity contribution is 4.68. The Morgan fingerprint density at radius 1 is 1.31 bits per heavy atom. The molecule has 3 nitrogen and oxygen atoms in total. The van der Waals surface area contributed by atoms with E-state index in [0.717, 1.165) is 13.2 Å². The molecule has 1 aliphatic rings. The molecule has 1 saturated heterocycles. The second kappa shape index (κ2) is 8.97. The second-order valence-electron chi connectivity index (χ2n) is 4.80. The Hall–Kier alpha value is -0.120. The van der Waals surface area contributed by atoms with Crippen LogP contribution in [0.4, 0.5) is 0 Å². The molecule has 0 aromatic carbocycles. The molecule has 96 valence electrons. The fourth-order valence-electron chi connectivity index (χ4n) is 2.41. The molecule has 0 radical (unpaired) electrons. The zero-order chi connectivity index (χ0) is 11.6. The number of hydrogen-bond acceptors (Lipinski definition) is 3. The maximum absolute atomic E-state index is 5.21. The van der Waals surface area contributed by atoms with Gasteiger partial charge in [0.25, 0.3) is 0 Å². The lowest BCUT2D eigenvalue weighted by atomic mass is 10.2. The van der Waals surface area contributed by atoms with Crippen molar-refractivity contribution in [3.05, 3.63) is 0 Å². The molecule has 0 spiro atoms. The van der Waals surface area contributed by atoms with E-state index < -0.39 is 0 Å². The van der Waals surface area contributed by atoms with E-state index in [1.54, 1.807) is 7.11 Å². The molecule has 1 fully saturated rings. The minimum Gasteiger partial charge on any atom is -0.383 e. The average molecular weight is 228 g/mol. The van der Waals surface area contributed by atoms with Crippen molar-refractivity contribution >= 4 is 0 Å². The second-order valence-corrected chi connectivity index (χ2v) is 4.80. The third-order valence-electron chi connectivity index (χ3n) is 3.29. The van der Waals surface area contributed by atoms with E-state index in [0.29, 0.717) is 6.04 Å². The van der Waals surface area contributed by atoms with E-state index in [1.807, 2.05) is 0 Å². The summed E-state index contributed by atoms with van der Waals surface area (Å²) in [6.07, 6.45) is 6.51. The van der Waals surface area contributed by atoms with Gasteiger partial charge in [0.2, 0.25) is 0 Å². The van der Waals surface area contributed by atoms with Crippen LogP contribution in [0.5, 0.6) is 0 Å². The van der Waals surface area contributed by atoms with Crippen molar-refractivity contribution in [1.82, 2.24) is 10.2 Å². The molecule has 0 bridgehead atoms. The Morgan fingerprint density at radius 3 is 2.69 bits per heavy atom. The summed E-state index contributed by atoms with van der Waals surface area (Å²) >= 11 is 0. The molecule has 0 aromatic rings. The van der Waals surface area contributed by atoms with Gasteiger partial charge in [-0.1, -0.05) is 13.3 Å². The standard InChI is InChI=1S/C13H28N2O/c1-3-7-13(12-16-2)14-8-6-11-15-9-4-5-10-15/h13-14H,3-12H2,1-2H3. The summed E-state index contributed by atoms with van der Waals surface area (Å²) in [5, 5.41) is 3.59. The first-order valence-corrected chi connectivity index (χ1v) is 6.81. The van der Waals surface area contributed by atoms with Crippen LogP contribution < -0.4 is 5.32 Å². The largest absolute Gasteiger partial charge is 0.383 e. The number of nitrogens with zero attached hydrogens (tertiary/aromatic N) is 1. The Balaban J connectivity index is 1.98. The topological polar surface area (TPSA) is 24.5 Å². The molecule has 1 heterocycles. The van der Waals surface area contributed by atoms with Gasteiger partial charge in [0, 0.05) is 13.2 Å². The molecule has 0 amide bonds. The van der Waals surface area contributed by atoms with E-state index in [-0.39, 0.29) is 0 Å². The Bertz CT molecular complexity index is 152. The third-order valence-corrected chi connectivity index (χ3v) is 3.29. The molecule has 0 saturated carbocycles. The van der Waals surface area contributed by atoms with Gasteiger partial charge in [-0.15, -0.1) is 0 Å². The molecule has 0 aliphatic carbocycles. The van der Waals surface area contributed by atoms with E-state index in [4.69, 9.17) is 4.74 Å². The molecule has 0 aromatic heterocycles. The molecular weight excluding hydrogens is 200 g/mol. The SMILES string of the molecule is CCCC(COC)NCCCN1CCCC1. The summed E-state index contributed by atoms with van der Waals surface area (Å²) in [5.74, 6) is 0. The van der Waals surface area contributed by atoms with Gasteiger partial charge in [-0.2, -0.15) is 0 Å². The summed E-state index contributed by atoms with van der Waals surface area (Å²) in [7, 11) is 1.79. The monoisotopic (exact) mass is 228 g/mol. The minimum atomic E-state index is 0.550. The predicted octanol–water partition coefficient (Wildman–Crippen LogP) is 1.88. The first kappa shape index (κ1) is 13.9. The van der Waals surface area contributed by atoms with Gasteiger partial charge in [0.05, 0.1) is 6.61 Å². The summed E-state index contributed by atoms with van der Waals surface area (Å²) in [6, 6.07) is 0.550. The highest BCUT2D eigenvalue weighted by Crippen LogP contribution is 2.07. The smallest absolute Gasteiger partial charge is 0.0615 e. The van der Waals surface area contributed by atoms with Gasteiger partial charge in [-0.05, 0) is 51.9 Å². The predicted molar refractivity (Wildman–Crippen MR) is 68.9 cm³/mol. The zero-order valence-electron chi connectivity index (χ0n) is 11.0. The first-order chi connectivity index (χ1) is 7.86. The lowest BCUT2D eigenvalue weighted by Gasteiger charge is -2.19. The maximum atomic E-state index is 5.21. The van der Waals surface area contributed by atoms with Crippen LogP contribution in [-0.4, -0.2) is 50.8 Å². The fourth-order valence-corrected chi connectivity index (χ4v) is 2.41. The number of methoxy groups -OCH3 is 1. The van der Waals surface area contributed by atoms with Gasteiger partial charge < -0.3 is 15.0 Å². The van der Waals surface area contributed by atoms with Crippen molar-refractivity contribution < 1.29 is 4.74 Å². The molecule has 3 heteroatoms. The van der Waals surface area contributed by atoms with Gasteiger partial charge in [-0.3, -0.25) is 0 Å². The van der Waals surface area contributed by atoms with Crippen LogP contribution in [0.2, 0.25) is 0 Å². The molecule has 1 atom stereocenters. The van der Waals surface area contributed by atoms with Crippen molar-refractivity contribution in [2.24, 2.45) is 0 Å². The highest BCUT2D eigenvalue weighted by Gasteiger charge is 2.11. The van der Waals surface area contributed by atoms with Crippen LogP contribution >= 0.6 is 0 Å². The molecule has 16 heavy (non-hydrogen) atoms. The van der Waals surface area contributed by atoms with Crippen molar-refractivity contribution in [2.45, 2.75) is 45.1 Å². The van der Waals surface area contributed by atoms with E-state index in [1.165, 1.54) is 51.7 Å². The van der Waals surface area contributed by atoms with Crippen LogP contribution in [0.3, 0.4) is 0 Å². The summed E-state index contributed by atoms with van der Waals surface area (Å²) in [4.78, 5) is 2.58. The van der Waals surface area contributed by atoms with Crippen LogP contribution in [-0.2, 0) is 4.74 Å². The van der Waals surface area contributed by atoms with Gasteiger partial charge >= 0.3 is 0 Å². The van der Waals surface area contributed by atoms with Crippen LogP contribution in [0.25, 0.3) is 0 Å². The molecule has 1 unspecified atom stereocenters. The number of nitrogens with one attached hydrogen (secondary N) is 1. The number of ether oxygens (including phenoxy) is 1.